The second-order valence-electron chi connectivity index (χ2n) is 4.68. The van der Waals surface area contributed by atoms with E-state index in [1.54, 1.807) is 36.4 Å². The maximum Gasteiger partial charge on any atom is 0.244 e. The molecule has 1 amide bonds. The average molecular weight is 371 g/mol. The summed E-state index contributed by atoms with van der Waals surface area (Å²) >= 11 is 18.5. The number of hydrogen-bond acceptors (Lipinski definition) is 2. The molecule has 2 rings (SSSR count). The fourth-order valence-electron chi connectivity index (χ4n) is 2.06. The summed E-state index contributed by atoms with van der Waals surface area (Å²) in [5.74, 6) is -0.299. The molecule has 6 heteroatoms. The normalized spacial score (nSPS) is 11.0. The number of carbonyl (C=O) groups excluding carboxylic acids is 1. The molecule has 0 aromatic heterocycles. The molecule has 3 nitrogen and oxygen atoms in total. The number of halogens is 3. The number of hydrogen-bond donors (Lipinski definition) is 2. The topological polar surface area (TPSA) is 49.3 Å². The van der Waals surface area contributed by atoms with Crippen LogP contribution in [0, 0.1) is 0 Å². The van der Waals surface area contributed by atoms with Gasteiger partial charge in [-0.25, -0.2) is 0 Å². The quantitative estimate of drug-likeness (QED) is 0.765. The lowest BCUT2D eigenvalue weighted by Gasteiger charge is -2.11. The first-order chi connectivity index (χ1) is 11.0. The Hall–Kier alpha value is -1.52. The van der Waals surface area contributed by atoms with Crippen molar-refractivity contribution < 1.29 is 9.90 Å². The Balaban J connectivity index is 2.40. The van der Waals surface area contributed by atoms with Crippen LogP contribution < -0.4 is 5.32 Å². The van der Waals surface area contributed by atoms with Crippen LogP contribution in [0.2, 0.25) is 15.1 Å². The van der Waals surface area contributed by atoms with Crippen molar-refractivity contribution in [2.24, 2.45) is 0 Å². The number of nitrogens with one attached hydrogen (secondary N) is 1. The standard InChI is InChI=1S/C17H14Cl3NO2/c18-12-5-6-13(15(20)10-12)17-11(2-1-3-14(17)19)4-7-16(23)21-8-9-22/h1-7,10,22H,8-9H2,(H,21,23)/b7-4+. The molecule has 2 aromatic rings. The molecule has 0 spiro atoms. The van der Waals surface area contributed by atoms with Gasteiger partial charge in [-0.15, -0.1) is 0 Å². The van der Waals surface area contributed by atoms with Crippen LogP contribution in [0.15, 0.2) is 42.5 Å². The number of rotatable bonds is 5. The highest BCUT2D eigenvalue weighted by Gasteiger charge is 2.12. The van der Waals surface area contributed by atoms with Crippen molar-refractivity contribution in [3.8, 4) is 11.1 Å². The third kappa shape index (κ3) is 4.72. The second kappa shape index (κ2) is 8.37. The monoisotopic (exact) mass is 369 g/mol. The summed E-state index contributed by atoms with van der Waals surface area (Å²) in [6.07, 6.45) is 3.04. The first-order valence-corrected chi connectivity index (χ1v) is 7.97. The van der Waals surface area contributed by atoms with Gasteiger partial charge >= 0.3 is 0 Å². The van der Waals surface area contributed by atoms with E-state index in [4.69, 9.17) is 39.9 Å². The van der Waals surface area contributed by atoms with E-state index < -0.39 is 0 Å². The summed E-state index contributed by atoms with van der Waals surface area (Å²) in [5, 5.41) is 12.8. The van der Waals surface area contributed by atoms with E-state index in [0.29, 0.717) is 15.1 Å². The summed E-state index contributed by atoms with van der Waals surface area (Å²) in [7, 11) is 0. The van der Waals surface area contributed by atoms with Crippen LogP contribution in [0.5, 0.6) is 0 Å². The SMILES string of the molecule is O=C(/C=C/c1cccc(Cl)c1-c1ccc(Cl)cc1Cl)NCCO. The van der Waals surface area contributed by atoms with Gasteiger partial charge in [0.15, 0.2) is 0 Å². The number of aliphatic hydroxyl groups excluding tert-OH is 1. The zero-order valence-electron chi connectivity index (χ0n) is 12.0. The minimum atomic E-state index is -0.299. The molecular weight excluding hydrogens is 357 g/mol. The van der Waals surface area contributed by atoms with Crippen molar-refractivity contribution in [2.45, 2.75) is 0 Å². The van der Waals surface area contributed by atoms with Crippen molar-refractivity contribution in [2.75, 3.05) is 13.2 Å². The lowest BCUT2D eigenvalue weighted by molar-refractivity contribution is -0.116. The molecule has 0 saturated heterocycles. The molecular formula is C17H14Cl3NO2. The summed E-state index contributed by atoms with van der Waals surface area (Å²) in [6, 6.07) is 10.5. The second-order valence-corrected chi connectivity index (χ2v) is 5.93. The van der Waals surface area contributed by atoms with Crippen molar-refractivity contribution >= 4 is 46.8 Å². The van der Waals surface area contributed by atoms with Gasteiger partial charge in [-0.3, -0.25) is 4.79 Å². The third-order valence-electron chi connectivity index (χ3n) is 3.07. The van der Waals surface area contributed by atoms with E-state index in [9.17, 15) is 4.79 Å². The predicted molar refractivity (Wildman–Crippen MR) is 96.0 cm³/mol. The van der Waals surface area contributed by atoms with Gasteiger partial charge in [0.1, 0.15) is 0 Å². The molecule has 0 radical (unpaired) electrons. The number of amides is 1. The zero-order chi connectivity index (χ0) is 16.8. The maximum atomic E-state index is 11.6. The first-order valence-electron chi connectivity index (χ1n) is 6.83. The molecule has 0 atom stereocenters. The molecule has 0 heterocycles. The predicted octanol–water partition coefficient (Wildman–Crippen LogP) is 4.44. The molecule has 0 bridgehead atoms. The highest BCUT2D eigenvalue weighted by atomic mass is 35.5. The molecule has 23 heavy (non-hydrogen) atoms. The van der Waals surface area contributed by atoms with Crippen LogP contribution in [-0.2, 0) is 4.79 Å². The Kier molecular flexibility index (Phi) is 6.48. The van der Waals surface area contributed by atoms with E-state index in [0.717, 1.165) is 16.7 Å². The summed E-state index contributed by atoms with van der Waals surface area (Å²) < 4.78 is 0. The van der Waals surface area contributed by atoms with E-state index in [1.165, 1.54) is 6.08 Å². The summed E-state index contributed by atoms with van der Waals surface area (Å²) in [4.78, 5) is 11.6. The van der Waals surface area contributed by atoms with Crippen LogP contribution in [0.1, 0.15) is 5.56 Å². The Morgan fingerprint density at radius 2 is 1.91 bits per heavy atom. The Labute approximate surface area is 149 Å². The van der Waals surface area contributed by atoms with E-state index in [1.807, 2.05) is 6.07 Å². The van der Waals surface area contributed by atoms with Gasteiger partial charge in [0.05, 0.1) is 6.61 Å². The molecule has 120 valence electrons. The van der Waals surface area contributed by atoms with Gasteiger partial charge in [0.25, 0.3) is 0 Å². The van der Waals surface area contributed by atoms with Gasteiger partial charge in [-0.1, -0.05) is 53.0 Å². The smallest absolute Gasteiger partial charge is 0.244 e. The minimum Gasteiger partial charge on any atom is -0.395 e. The molecule has 0 aliphatic rings. The number of aliphatic hydroxyl groups is 1. The summed E-state index contributed by atoms with van der Waals surface area (Å²) in [6.45, 7) is 0.0942. The third-order valence-corrected chi connectivity index (χ3v) is 3.93. The maximum absolute atomic E-state index is 11.6. The molecule has 0 unspecified atom stereocenters. The zero-order valence-corrected chi connectivity index (χ0v) is 14.3. The van der Waals surface area contributed by atoms with E-state index in [-0.39, 0.29) is 19.1 Å². The van der Waals surface area contributed by atoms with Gasteiger partial charge < -0.3 is 10.4 Å². The number of benzene rings is 2. The fraction of sp³-hybridized carbons (Fsp3) is 0.118. The Morgan fingerprint density at radius 3 is 2.61 bits per heavy atom. The molecule has 0 aliphatic heterocycles. The van der Waals surface area contributed by atoms with Crippen LogP contribution in [0.3, 0.4) is 0 Å². The summed E-state index contributed by atoms with van der Waals surface area (Å²) in [5.41, 5.74) is 2.21. The van der Waals surface area contributed by atoms with Gasteiger partial charge in [-0.05, 0) is 29.8 Å². The Bertz CT molecular complexity index is 745. The van der Waals surface area contributed by atoms with E-state index >= 15 is 0 Å². The molecule has 0 fully saturated rings. The number of carbonyl (C=O) groups is 1. The Morgan fingerprint density at radius 1 is 1.13 bits per heavy atom. The molecule has 0 aliphatic carbocycles. The van der Waals surface area contributed by atoms with Crippen molar-refractivity contribution in [1.82, 2.24) is 5.32 Å². The van der Waals surface area contributed by atoms with Crippen LogP contribution >= 0.6 is 34.8 Å². The van der Waals surface area contributed by atoms with Crippen molar-refractivity contribution in [3.63, 3.8) is 0 Å². The molecule has 2 N–H and O–H groups in total. The van der Waals surface area contributed by atoms with Crippen molar-refractivity contribution in [1.29, 1.82) is 0 Å². The largest absolute Gasteiger partial charge is 0.395 e. The van der Waals surface area contributed by atoms with Crippen LogP contribution in [-0.4, -0.2) is 24.2 Å². The van der Waals surface area contributed by atoms with E-state index in [2.05, 4.69) is 5.32 Å². The average Bonchev–Trinajstić information content (AvgIpc) is 2.52. The van der Waals surface area contributed by atoms with Crippen molar-refractivity contribution in [3.05, 3.63) is 63.1 Å². The van der Waals surface area contributed by atoms with Crippen LogP contribution in [0.4, 0.5) is 0 Å². The fourth-order valence-corrected chi connectivity index (χ4v) is 2.85. The lowest BCUT2D eigenvalue weighted by atomic mass is 9.99. The van der Waals surface area contributed by atoms with Gasteiger partial charge in [0.2, 0.25) is 5.91 Å². The molecule has 0 saturated carbocycles. The highest BCUT2D eigenvalue weighted by Crippen LogP contribution is 2.37. The van der Waals surface area contributed by atoms with Crippen LogP contribution in [0.25, 0.3) is 17.2 Å². The minimum absolute atomic E-state index is 0.109. The highest BCUT2D eigenvalue weighted by molar-refractivity contribution is 6.38. The lowest BCUT2D eigenvalue weighted by Crippen LogP contribution is -2.24. The first kappa shape index (κ1) is 17.8. The van der Waals surface area contributed by atoms with Gasteiger partial charge in [-0.2, -0.15) is 0 Å². The molecule has 2 aromatic carbocycles. The van der Waals surface area contributed by atoms with Gasteiger partial charge in [0, 0.05) is 38.8 Å².